The summed E-state index contributed by atoms with van der Waals surface area (Å²) in [4.78, 5) is 4.70. The third-order valence-electron chi connectivity index (χ3n) is 4.12. The van der Waals surface area contributed by atoms with Crippen molar-refractivity contribution in [3.63, 3.8) is 0 Å². The van der Waals surface area contributed by atoms with Gasteiger partial charge < -0.3 is 9.47 Å². The van der Waals surface area contributed by atoms with Crippen molar-refractivity contribution in [1.29, 1.82) is 0 Å². The highest BCUT2D eigenvalue weighted by Crippen LogP contribution is 2.30. The molecular weight excluding hydrogens is 349 g/mol. The molecule has 26 heavy (non-hydrogen) atoms. The molecule has 0 saturated heterocycles. The third kappa shape index (κ3) is 2.97. The second-order valence-electron chi connectivity index (χ2n) is 5.73. The Labute approximate surface area is 155 Å². The van der Waals surface area contributed by atoms with Gasteiger partial charge in [0.05, 0.1) is 18.1 Å². The van der Waals surface area contributed by atoms with Crippen molar-refractivity contribution in [2.24, 2.45) is 0 Å². The summed E-state index contributed by atoms with van der Waals surface area (Å²) >= 11 is 5.58. The van der Waals surface area contributed by atoms with Crippen LogP contribution in [0.15, 0.2) is 66.7 Å². The number of benzene rings is 3. The Morgan fingerprint density at radius 1 is 0.885 bits per heavy atom. The lowest BCUT2D eigenvalue weighted by Crippen LogP contribution is -2.09. The number of fused-ring (bicyclic) bond motifs is 2. The van der Waals surface area contributed by atoms with E-state index in [0.717, 1.165) is 33.1 Å². The molecule has 3 nitrogen and oxygen atoms in total. The number of pyridine rings is 1. The van der Waals surface area contributed by atoms with E-state index < -0.39 is 0 Å². The van der Waals surface area contributed by atoms with Crippen LogP contribution in [-0.4, -0.2) is 17.1 Å². The van der Waals surface area contributed by atoms with Gasteiger partial charge in [-0.1, -0.05) is 18.2 Å². The van der Waals surface area contributed by atoms with Crippen LogP contribution in [0.4, 0.5) is 4.39 Å². The number of hydrogen-bond donors (Lipinski definition) is 0. The van der Waals surface area contributed by atoms with Gasteiger partial charge in [-0.2, -0.15) is 0 Å². The summed E-state index contributed by atoms with van der Waals surface area (Å²) in [6.45, 7) is 0. The largest absolute Gasteiger partial charge is 0.497 e. The molecule has 0 bridgehead atoms. The molecule has 0 fully saturated rings. The van der Waals surface area contributed by atoms with E-state index in [9.17, 15) is 4.39 Å². The van der Waals surface area contributed by atoms with Gasteiger partial charge >= 0.3 is 0 Å². The minimum atomic E-state index is -0.324. The molecule has 4 rings (SSSR count). The topological polar surface area (TPSA) is 31.4 Å². The molecule has 0 aliphatic heterocycles. The second-order valence-corrected chi connectivity index (χ2v) is 6.10. The SMILES string of the molecule is COc1ccc2c(C(=S)Oc3ccc(F)cc3)c3ccccc3nc2c1. The fraction of sp³-hybridized carbons (Fsp3) is 0.0476. The van der Waals surface area contributed by atoms with Gasteiger partial charge in [0.15, 0.2) is 5.05 Å². The van der Waals surface area contributed by atoms with Crippen molar-refractivity contribution >= 4 is 39.1 Å². The summed E-state index contributed by atoms with van der Waals surface area (Å²) < 4.78 is 24.3. The number of nitrogens with zero attached hydrogens (tertiary/aromatic N) is 1. The minimum Gasteiger partial charge on any atom is -0.497 e. The van der Waals surface area contributed by atoms with Crippen molar-refractivity contribution in [3.8, 4) is 11.5 Å². The first-order valence-corrected chi connectivity index (χ1v) is 8.41. The third-order valence-corrected chi connectivity index (χ3v) is 4.40. The van der Waals surface area contributed by atoms with Crippen LogP contribution in [0, 0.1) is 5.82 Å². The molecule has 0 spiro atoms. The lowest BCUT2D eigenvalue weighted by Gasteiger charge is -2.13. The van der Waals surface area contributed by atoms with E-state index >= 15 is 0 Å². The molecule has 1 heterocycles. The van der Waals surface area contributed by atoms with Crippen LogP contribution in [0.1, 0.15) is 5.56 Å². The molecule has 0 aliphatic rings. The number of para-hydroxylation sites is 1. The van der Waals surface area contributed by atoms with Crippen LogP contribution in [0.5, 0.6) is 11.5 Å². The number of ether oxygens (including phenoxy) is 2. The molecule has 4 aromatic rings. The fourth-order valence-corrected chi connectivity index (χ4v) is 3.20. The van der Waals surface area contributed by atoms with Crippen LogP contribution in [0.25, 0.3) is 21.8 Å². The number of rotatable bonds is 3. The average Bonchev–Trinajstić information content (AvgIpc) is 2.67. The Morgan fingerprint density at radius 3 is 2.35 bits per heavy atom. The van der Waals surface area contributed by atoms with E-state index in [0.29, 0.717) is 10.8 Å². The highest BCUT2D eigenvalue weighted by atomic mass is 32.1. The normalized spacial score (nSPS) is 10.8. The Morgan fingerprint density at radius 2 is 1.58 bits per heavy atom. The second kappa shape index (κ2) is 6.69. The average molecular weight is 363 g/mol. The fourth-order valence-electron chi connectivity index (χ4n) is 2.88. The lowest BCUT2D eigenvalue weighted by molar-refractivity contribution is 0.415. The van der Waals surface area contributed by atoms with Gasteiger partial charge in [0.2, 0.25) is 0 Å². The van der Waals surface area contributed by atoms with Crippen molar-refractivity contribution in [2.45, 2.75) is 0 Å². The number of methoxy groups -OCH3 is 1. The summed E-state index contributed by atoms with van der Waals surface area (Å²) in [7, 11) is 1.62. The van der Waals surface area contributed by atoms with Crippen molar-refractivity contribution < 1.29 is 13.9 Å². The van der Waals surface area contributed by atoms with Crippen LogP contribution in [0.2, 0.25) is 0 Å². The van der Waals surface area contributed by atoms with Crippen LogP contribution in [0.3, 0.4) is 0 Å². The first-order valence-electron chi connectivity index (χ1n) is 8.00. The van der Waals surface area contributed by atoms with E-state index in [2.05, 4.69) is 0 Å². The first kappa shape index (κ1) is 16.4. The standard InChI is InChI=1S/C21H14FNO2S/c1-24-15-10-11-17-19(12-15)23-18-5-3-2-4-16(18)20(17)21(26)25-14-8-6-13(22)7-9-14/h2-12H,1H3. The van der Waals surface area contributed by atoms with Crippen molar-refractivity contribution in [1.82, 2.24) is 4.98 Å². The van der Waals surface area contributed by atoms with Crippen molar-refractivity contribution in [2.75, 3.05) is 7.11 Å². The quantitative estimate of drug-likeness (QED) is 0.366. The molecule has 0 unspecified atom stereocenters. The van der Waals surface area contributed by atoms with Crippen molar-refractivity contribution in [3.05, 3.63) is 78.1 Å². The Bertz CT molecular complexity index is 1130. The van der Waals surface area contributed by atoms with E-state index in [1.165, 1.54) is 12.1 Å². The van der Waals surface area contributed by atoms with Gasteiger partial charge in [-0.15, -0.1) is 0 Å². The monoisotopic (exact) mass is 363 g/mol. The summed E-state index contributed by atoms with van der Waals surface area (Å²) in [5, 5.41) is 2.08. The molecule has 0 atom stereocenters. The maximum Gasteiger partial charge on any atom is 0.199 e. The van der Waals surface area contributed by atoms with Gasteiger partial charge in [0.1, 0.15) is 17.3 Å². The molecule has 0 radical (unpaired) electrons. The summed E-state index contributed by atoms with van der Waals surface area (Å²) in [6, 6.07) is 19.2. The van der Waals surface area contributed by atoms with Gasteiger partial charge in [-0.25, -0.2) is 9.37 Å². The molecule has 128 valence electrons. The maximum atomic E-state index is 13.1. The highest BCUT2D eigenvalue weighted by Gasteiger charge is 2.15. The van der Waals surface area contributed by atoms with E-state index in [1.54, 1.807) is 19.2 Å². The predicted octanol–water partition coefficient (Wildman–Crippen LogP) is 5.29. The molecule has 0 N–H and O–H groups in total. The summed E-state index contributed by atoms with van der Waals surface area (Å²) in [5.41, 5.74) is 2.36. The summed E-state index contributed by atoms with van der Waals surface area (Å²) in [6.07, 6.45) is 0. The smallest absolute Gasteiger partial charge is 0.199 e. The van der Waals surface area contributed by atoms with Crippen LogP contribution >= 0.6 is 12.2 Å². The molecule has 0 aliphatic carbocycles. The van der Waals surface area contributed by atoms with E-state index in [1.807, 2.05) is 42.5 Å². The minimum absolute atomic E-state index is 0.311. The number of halogens is 1. The van der Waals surface area contributed by atoms with Gasteiger partial charge in [-0.05, 0) is 54.7 Å². The Hall–Kier alpha value is -3.05. The highest BCUT2D eigenvalue weighted by molar-refractivity contribution is 7.80. The number of hydrogen-bond acceptors (Lipinski definition) is 4. The number of aromatic nitrogens is 1. The molecule has 1 aromatic heterocycles. The first-order chi connectivity index (χ1) is 12.7. The zero-order chi connectivity index (χ0) is 18.1. The maximum absolute atomic E-state index is 13.1. The van der Waals surface area contributed by atoms with Crippen LogP contribution < -0.4 is 9.47 Å². The molecule has 5 heteroatoms. The van der Waals surface area contributed by atoms with E-state index in [-0.39, 0.29) is 5.82 Å². The zero-order valence-electron chi connectivity index (χ0n) is 13.9. The lowest BCUT2D eigenvalue weighted by atomic mass is 10.0. The Kier molecular flexibility index (Phi) is 4.22. The van der Waals surface area contributed by atoms with Gasteiger partial charge in [0.25, 0.3) is 0 Å². The van der Waals surface area contributed by atoms with Crippen LogP contribution in [-0.2, 0) is 0 Å². The zero-order valence-corrected chi connectivity index (χ0v) is 14.7. The molecule has 0 amide bonds. The number of thiocarbonyl (C=S) groups is 1. The predicted molar refractivity (Wildman–Crippen MR) is 105 cm³/mol. The van der Waals surface area contributed by atoms with E-state index in [4.69, 9.17) is 26.7 Å². The molecule has 3 aromatic carbocycles. The van der Waals surface area contributed by atoms with Gasteiger partial charge in [0, 0.05) is 22.4 Å². The van der Waals surface area contributed by atoms with Gasteiger partial charge in [-0.3, -0.25) is 0 Å². The molecule has 0 saturated carbocycles. The Balaban J connectivity index is 1.90. The molecular formula is C21H14FNO2S. The summed E-state index contributed by atoms with van der Waals surface area (Å²) in [5.74, 6) is 0.880.